The fourth-order valence-electron chi connectivity index (χ4n) is 9.98. The van der Waals surface area contributed by atoms with Gasteiger partial charge in [0.15, 0.2) is 5.78 Å². The van der Waals surface area contributed by atoms with Gasteiger partial charge in [-0.3, -0.25) is 38.3 Å². The van der Waals surface area contributed by atoms with Gasteiger partial charge in [0.1, 0.15) is 23.6 Å². The minimum Gasteiger partial charge on any atom is -0.391 e. The Bertz CT molecular complexity index is 2960. The van der Waals surface area contributed by atoms with E-state index in [1.807, 2.05) is 75.8 Å². The number of aryl methyl sites for hydroxylation is 2. The number of hydrogen-bond donors (Lipinski definition) is 3. The van der Waals surface area contributed by atoms with E-state index in [1.54, 1.807) is 33.9 Å². The predicted octanol–water partition coefficient (Wildman–Crippen LogP) is 5.47. The number of aliphatic hydroxyl groups is 1. The van der Waals surface area contributed by atoms with E-state index < -0.39 is 29.5 Å². The molecule has 6 heterocycles. The summed E-state index contributed by atoms with van der Waals surface area (Å²) in [5.74, 6) is 4.86. The van der Waals surface area contributed by atoms with E-state index in [2.05, 4.69) is 37.3 Å². The Hall–Kier alpha value is -6.84. The smallest absolute Gasteiger partial charge is 0.263 e. The topological polar surface area (TPSA) is 213 Å². The van der Waals surface area contributed by atoms with E-state index >= 15 is 0 Å². The minimum absolute atomic E-state index is 0.0000576. The lowest BCUT2D eigenvalue weighted by atomic mass is 9.85. The van der Waals surface area contributed by atoms with Crippen LogP contribution in [-0.2, 0) is 32.1 Å². The van der Waals surface area contributed by atoms with Crippen molar-refractivity contribution < 1.29 is 29.1 Å². The molecule has 0 bridgehead atoms. The maximum atomic E-state index is 14.0. The van der Waals surface area contributed by atoms with Crippen molar-refractivity contribution in [3.8, 4) is 22.3 Å². The standard InChI is InChI=1S/C54H64N10O7S/c1-33-42-30-56-44(59-50(42)64(39-12-10-11-13-39)52(70)47(33)35(3)65)26-38-20-21-40(29-55-38)61-22-24-62(25-23-61)46(68)15-9-7-8-14-45(67)60-49(54(4,5)6)53(71)63-31-41(66)27-43(63)51(69)57-28-36-16-18-37(19-17-36)48-34(2)58-32-72-48/h16-21,29-30,32,39,41,43,49,66H,8,10-15,22-28,31H2,1-6H3,(H,57,69)(H,60,67)/t41-,43+,49-/m1/s1. The third-order valence-corrected chi connectivity index (χ3v) is 15.0. The van der Waals surface area contributed by atoms with Crippen LogP contribution in [0, 0.1) is 31.1 Å². The number of fused-ring (bicyclic) bond motifs is 1. The van der Waals surface area contributed by atoms with Crippen molar-refractivity contribution in [1.82, 2.24) is 44.9 Å². The molecule has 4 aromatic heterocycles. The van der Waals surface area contributed by atoms with Gasteiger partial charge in [0.25, 0.3) is 5.56 Å². The van der Waals surface area contributed by atoms with Crippen molar-refractivity contribution in [3.63, 3.8) is 0 Å². The van der Waals surface area contributed by atoms with Crippen LogP contribution >= 0.6 is 11.3 Å². The number of aliphatic hydroxyl groups excluding tert-OH is 1. The molecule has 8 rings (SSSR count). The zero-order chi connectivity index (χ0) is 51.3. The van der Waals surface area contributed by atoms with Crippen LogP contribution in [-0.4, -0.2) is 120 Å². The Labute approximate surface area is 423 Å². The monoisotopic (exact) mass is 996 g/mol. The molecular weight excluding hydrogens is 933 g/mol. The molecule has 5 aromatic rings. The molecule has 378 valence electrons. The Morgan fingerprint density at radius 1 is 0.931 bits per heavy atom. The molecule has 0 spiro atoms. The third kappa shape index (κ3) is 11.7. The van der Waals surface area contributed by atoms with E-state index in [4.69, 9.17) is 9.97 Å². The SMILES string of the molecule is CC(=O)c1c(C)c2cnc(Cc3ccc(N4CCN(C(=O)CC#CCCC(=O)N[C@H](C(=O)N5C[C@H](O)C[C@H]5C(=O)NCc5ccc(-c6scnc6C)cc5)C(C)(C)C)CC4)cn3)nc2n(C2CCCC2)c1=O. The van der Waals surface area contributed by atoms with E-state index in [1.165, 1.54) is 11.8 Å². The first-order valence-electron chi connectivity index (χ1n) is 24.9. The van der Waals surface area contributed by atoms with Gasteiger partial charge >= 0.3 is 0 Å². The highest BCUT2D eigenvalue weighted by Gasteiger charge is 2.44. The number of likely N-dealkylation sites (tertiary alicyclic amines) is 1. The van der Waals surface area contributed by atoms with Crippen molar-refractivity contribution in [3.05, 3.63) is 98.6 Å². The number of piperazine rings is 1. The summed E-state index contributed by atoms with van der Waals surface area (Å²) in [4.78, 5) is 105. The highest BCUT2D eigenvalue weighted by molar-refractivity contribution is 7.13. The van der Waals surface area contributed by atoms with Crippen molar-refractivity contribution in [1.29, 1.82) is 0 Å². The molecular formula is C54H64N10O7S. The first-order chi connectivity index (χ1) is 34.5. The first-order valence-corrected chi connectivity index (χ1v) is 25.7. The second-order valence-corrected chi connectivity index (χ2v) is 21.1. The Morgan fingerprint density at radius 2 is 1.67 bits per heavy atom. The molecule has 18 heteroatoms. The van der Waals surface area contributed by atoms with Crippen LogP contribution in [0.2, 0.25) is 0 Å². The summed E-state index contributed by atoms with van der Waals surface area (Å²) in [6.07, 6.45) is 7.13. The highest BCUT2D eigenvalue weighted by Crippen LogP contribution is 2.33. The van der Waals surface area contributed by atoms with Crippen LogP contribution in [0.1, 0.15) is 124 Å². The summed E-state index contributed by atoms with van der Waals surface area (Å²) in [5.41, 5.74) is 6.80. The lowest BCUT2D eigenvalue weighted by Gasteiger charge is -2.35. The van der Waals surface area contributed by atoms with Crippen molar-refractivity contribution >= 4 is 57.5 Å². The second-order valence-electron chi connectivity index (χ2n) is 20.2. The summed E-state index contributed by atoms with van der Waals surface area (Å²) >= 11 is 1.57. The predicted molar refractivity (Wildman–Crippen MR) is 275 cm³/mol. The number of thiazole rings is 1. The molecule has 2 saturated heterocycles. The van der Waals surface area contributed by atoms with E-state index in [0.717, 1.165) is 58.8 Å². The van der Waals surface area contributed by atoms with Gasteiger partial charge in [0.05, 0.1) is 52.5 Å². The van der Waals surface area contributed by atoms with Crippen LogP contribution in [0.15, 0.2) is 59.1 Å². The average molecular weight is 997 g/mol. The first kappa shape index (κ1) is 51.5. The molecule has 17 nitrogen and oxygen atoms in total. The van der Waals surface area contributed by atoms with Gasteiger partial charge < -0.3 is 30.4 Å². The number of nitrogens with one attached hydrogen (secondary N) is 2. The number of carbonyl (C=O) groups is 5. The number of aromatic nitrogens is 5. The quantitative estimate of drug-likeness (QED) is 0.0935. The summed E-state index contributed by atoms with van der Waals surface area (Å²) in [7, 11) is 0. The van der Waals surface area contributed by atoms with Crippen molar-refractivity contribution in [2.45, 2.75) is 130 Å². The molecule has 3 atom stereocenters. The Balaban J connectivity index is 0.782. The lowest BCUT2D eigenvalue weighted by Crippen LogP contribution is -2.57. The largest absolute Gasteiger partial charge is 0.391 e. The van der Waals surface area contributed by atoms with Gasteiger partial charge in [-0.05, 0) is 67.9 Å². The number of β-amino-alcohol motifs (C(OH)–C–C–N with tert-alkyl or cyclic N) is 1. The van der Waals surface area contributed by atoms with Gasteiger partial charge in [0.2, 0.25) is 23.6 Å². The van der Waals surface area contributed by atoms with Crippen LogP contribution in [0.25, 0.3) is 21.5 Å². The number of Topliss-reactive ketones (excluding diaryl/α,β-unsaturated/α-hetero) is 1. The van der Waals surface area contributed by atoms with Crippen molar-refractivity contribution in [2.24, 2.45) is 5.41 Å². The van der Waals surface area contributed by atoms with Crippen LogP contribution in [0.3, 0.4) is 0 Å². The summed E-state index contributed by atoms with van der Waals surface area (Å²) in [6, 6.07) is 9.94. The summed E-state index contributed by atoms with van der Waals surface area (Å²) < 4.78 is 1.72. The molecule has 1 aliphatic carbocycles. The van der Waals surface area contributed by atoms with Crippen LogP contribution in [0.4, 0.5) is 5.69 Å². The molecule has 72 heavy (non-hydrogen) atoms. The number of rotatable bonds is 14. The maximum Gasteiger partial charge on any atom is 0.263 e. The number of benzene rings is 1. The highest BCUT2D eigenvalue weighted by atomic mass is 32.1. The fraction of sp³-hybridized carbons (Fsp3) is 0.481. The molecule has 3 aliphatic rings. The van der Waals surface area contributed by atoms with Gasteiger partial charge in [-0.15, -0.1) is 17.3 Å². The fourth-order valence-corrected chi connectivity index (χ4v) is 10.8. The zero-order valence-electron chi connectivity index (χ0n) is 42.0. The third-order valence-electron chi connectivity index (χ3n) is 14.0. The molecule has 0 radical (unpaired) electrons. The number of nitrogens with zero attached hydrogens (tertiary/aromatic N) is 8. The molecule has 0 unspecified atom stereocenters. The average Bonchev–Trinajstić information content (AvgIpc) is 4.14. The molecule has 4 amide bonds. The second kappa shape index (κ2) is 22.3. The van der Waals surface area contributed by atoms with E-state index in [0.29, 0.717) is 55.0 Å². The van der Waals surface area contributed by atoms with Crippen LogP contribution in [0.5, 0.6) is 0 Å². The number of hydrogen-bond acceptors (Lipinski definition) is 13. The van der Waals surface area contributed by atoms with E-state index in [9.17, 15) is 33.9 Å². The summed E-state index contributed by atoms with van der Waals surface area (Å²) in [6.45, 7) is 13.2. The Morgan fingerprint density at radius 3 is 2.32 bits per heavy atom. The maximum absolute atomic E-state index is 14.0. The molecule has 2 aliphatic heterocycles. The van der Waals surface area contributed by atoms with Gasteiger partial charge in [-0.1, -0.05) is 63.8 Å². The number of anilines is 1. The Kier molecular flexibility index (Phi) is 15.9. The van der Waals surface area contributed by atoms with Gasteiger partial charge in [-0.25, -0.2) is 15.0 Å². The molecule has 1 saturated carbocycles. The normalized spacial score (nSPS) is 17.7. The zero-order valence-corrected chi connectivity index (χ0v) is 42.8. The number of pyridine rings is 2. The lowest BCUT2D eigenvalue weighted by molar-refractivity contribution is -0.144. The van der Waals surface area contributed by atoms with Gasteiger partial charge in [-0.2, -0.15) is 0 Å². The molecule has 3 N–H and O–H groups in total. The molecule has 3 fully saturated rings. The van der Waals surface area contributed by atoms with E-state index in [-0.39, 0.29) is 79.4 Å². The van der Waals surface area contributed by atoms with Crippen molar-refractivity contribution in [2.75, 3.05) is 37.6 Å². The summed E-state index contributed by atoms with van der Waals surface area (Å²) in [5, 5.41) is 17.1. The van der Waals surface area contributed by atoms with Gasteiger partial charge in [0, 0.05) is 81.8 Å². The minimum atomic E-state index is -0.960. The number of carbonyl (C=O) groups excluding carboxylic acids is 5. The molecule has 1 aromatic carbocycles. The van der Waals surface area contributed by atoms with Crippen LogP contribution < -0.4 is 21.1 Å². The number of ketones is 1. The number of amides is 4.